The number of hydrogen-bond acceptors (Lipinski definition) is 5. The molecule has 11 heteroatoms. The Morgan fingerprint density at radius 1 is 1.14 bits per heavy atom. The van der Waals surface area contributed by atoms with Gasteiger partial charge in [-0.1, -0.05) is 0 Å². The molecule has 0 fully saturated rings. The lowest BCUT2D eigenvalue weighted by Crippen LogP contribution is -2.21. The van der Waals surface area contributed by atoms with Crippen LogP contribution in [-0.4, -0.2) is 10.0 Å². The highest BCUT2D eigenvalue weighted by Crippen LogP contribution is 2.37. The SMILES string of the molecule is Cc1cc(=O)oc2cc(NC(=S)Nc3ccc([N+](=O)[O-])cc3C(F)(F)F)ccc12. The normalized spacial score (nSPS) is 11.3. The summed E-state index contributed by atoms with van der Waals surface area (Å²) in [6.45, 7) is 1.74. The van der Waals surface area contributed by atoms with Crippen LogP contribution in [0.15, 0.2) is 51.7 Å². The van der Waals surface area contributed by atoms with E-state index in [1.165, 1.54) is 12.1 Å². The van der Waals surface area contributed by atoms with Gasteiger partial charge in [0.25, 0.3) is 5.69 Å². The third kappa shape index (κ3) is 4.51. The van der Waals surface area contributed by atoms with Crippen molar-refractivity contribution in [1.29, 1.82) is 0 Å². The number of nitrogens with zero attached hydrogens (tertiary/aromatic N) is 1. The second kappa shape index (κ2) is 7.51. The first-order valence-electron chi connectivity index (χ1n) is 8.03. The predicted molar refractivity (Wildman–Crippen MR) is 105 cm³/mol. The molecule has 0 aliphatic carbocycles. The van der Waals surface area contributed by atoms with E-state index in [2.05, 4.69) is 10.6 Å². The van der Waals surface area contributed by atoms with Crippen LogP contribution in [-0.2, 0) is 6.18 Å². The fraction of sp³-hybridized carbons (Fsp3) is 0.111. The molecule has 1 heterocycles. The average molecular weight is 423 g/mol. The van der Waals surface area contributed by atoms with Gasteiger partial charge in [-0.25, -0.2) is 4.79 Å². The minimum absolute atomic E-state index is 0.182. The third-order valence-electron chi connectivity index (χ3n) is 3.98. The molecule has 7 nitrogen and oxygen atoms in total. The molecule has 0 radical (unpaired) electrons. The van der Waals surface area contributed by atoms with Gasteiger partial charge in [0.05, 0.1) is 16.2 Å². The number of halogens is 3. The lowest BCUT2D eigenvalue weighted by molar-refractivity contribution is -0.385. The Hall–Kier alpha value is -3.47. The first kappa shape index (κ1) is 20.3. The fourth-order valence-corrected chi connectivity index (χ4v) is 2.90. The Morgan fingerprint density at radius 2 is 1.86 bits per heavy atom. The second-order valence-electron chi connectivity index (χ2n) is 6.02. The van der Waals surface area contributed by atoms with E-state index >= 15 is 0 Å². The van der Waals surface area contributed by atoms with Crippen molar-refractivity contribution in [3.8, 4) is 0 Å². The molecular weight excluding hydrogens is 411 g/mol. The van der Waals surface area contributed by atoms with Gasteiger partial charge in [0.1, 0.15) is 5.58 Å². The van der Waals surface area contributed by atoms with E-state index in [1.54, 1.807) is 19.1 Å². The van der Waals surface area contributed by atoms with Gasteiger partial charge in [-0.2, -0.15) is 13.2 Å². The zero-order valence-corrected chi connectivity index (χ0v) is 15.5. The van der Waals surface area contributed by atoms with Crippen LogP contribution in [0.5, 0.6) is 0 Å². The van der Waals surface area contributed by atoms with Crippen LogP contribution < -0.4 is 16.3 Å². The zero-order chi connectivity index (χ0) is 21.3. The summed E-state index contributed by atoms with van der Waals surface area (Å²) in [5.74, 6) is 0. The summed E-state index contributed by atoms with van der Waals surface area (Å²) in [7, 11) is 0. The Labute approximate surface area is 166 Å². The molecule has 1 aromatic heterocycles. The lowest BCUT2D eigenvalue weighted by atomic mass is 10.1. The summed E-state index contributed by atoms with van der Waals surface area (Å²) in [5.41, 5.74) is -1.52. The van der Waals surface area contributed by atoms with Crippen LogP contribution in [0, 0.1) is 17.0 Å². The molecule has 0 unspecified atom stereocenters. The Bertz CT molecular complexity index is 1190. The molecule has 3 aromatic rings. The number of non-ortho nitro benzene ring substituents is 1. The summed E-state index contributed by atoms with van der Waals surface area (Å²) < 4.78 is 44.9. The summed E-state index contributed by atoms with van der Waals surface area (Å²) in [5, 5.41) is 16.4. The predicted octanol–water partition coefficient (Wildman–Crippen LogP) is 4.84. The van der Waals surface area contributed by atoms with Crippen molar-refractivity contribution in [2.45, 2.75) is 13.1 Å². The molecular formula is C18H12F3N3O4S. The first-order chi connectivity index (χ1) is 13.5. The number of nitro benzene ring substituents is 1. The van der Waals surface area contributed by atoms with Gasteiger partial charge >= 0.3 is 11.8 Å². The minimum atomic E-state index is -4.83. The summed E-state index contributed by atoms with van der Waals surface area (Å²) >= 11 is 5.04. The molecule has 0 spiro atoms. The van der Waals surface area contributed by atoms with E-state index in [9.17, 15) is 28.1 Å². The van der Waals surface area contributed by atoms with E-state index in [0.717, 1.165) is 12.1 Å². The van der Waals surface area contributed by atoms with Crippen molar-refractivity contribution in [2.75, 3.05) is 10.6 Å². The van der Waals surface area contributed by atoms with Crippen LogP contribution in [0.3, 0.4) is 0 Å². The van der Waals surface area contributed by atoms with Crippen molar-refractivity contribution in [3.05, 3.63) is 74.1 Å². The topological polar surface area (TPSA) is 97.4 Å². The van der Waals surface area contributed by atoms with Crippen molar-refractivity contribution >= 4 is 45.4 Å². The van der Waals surface area contributed by atoms with Crippen LogP contribution in [0.1, 0.15) is 11.1 Å². The molecule has 0 aliphatic heterocycles. The van der Waals surface area contributed by atoms with Crippen molar-refractivity contribution in [2.24, 2.45) is 0 Å². The Balaban J connectivity index is 1.87. The molecule has 0 amide bonds. The van der Waals surface area contributed by atoms with E-state index < -0.39 is 33.7 Å². The van der Waals surface area contributed by atoms with E-state index in [0.29, 0.717) is 22.7 Å². The standard InChI is InChI=1S/C18H12F3N3O4S/c1-9-6-16(25)28-15-7-10(2-4-12(9)15)22-17(29)23-14-5-3-11(24(26)27)8-13(14)18(19,20)21/h2-8H,1H3,(H2,22,23,29). The quantitative estimate of drug-likeness (QED) is 0.269. The highest BCUT2D eigenvalue weighted by molar-refractivity contribution is 7.80. The number of nitro groups is 1. The Morgan fingerprint density at radius 3 is 2.52 bits per heavy atom. The molecule has 0 atom stereocenters. The summed E-state index contributed by atoms with van der Waals surface area (Å²) in [6.07, 6.45) is -4.83. The maximum Gasteiger partial charge on any atom is 0.418 e. The number of fused-ring (bicyclic) bond motifs is 1. The molecule has 0 saturated carbocycles. The molecule has 29 heavy (non-hydrogen) atoms. The smallest absolute Gasteiger partial charge is 0.418 e. The van der Waals surface area contributed by atoms with Gasteiger partial charge in [0.2, 0.25) is 0 Å². The number of nitrogens with one attached hydrogen (secondary N) is 2. The molecule has 2 aromatic carbocycles. The third-order valence-corrected chi connectivity index (χ3v) is 4.18. The average Bonchev–Trinajstić information content (AvgIpc) is 2.60. The monoisotopic (exact) mass is 423 g/mol. The van der Waals surface area contributed by atoms with Gasteiger partial charge in [-0.3, -0.25) is 10.1 Å². The van der Waals surface area contributed by atoms with Crippen molar-refractivity contribution < 1.29 is 22.5 Å². The molecule has 0 saturated heterocycles. The first-order valence-corrected chi connectivity index (χ1v) is 8.43. The number of alkyl halides is 3. The molecule has 3 rings (SSSR count). The summed E-state index contributed by atoms with van der Waals surface area (Å²) in [6, 6.07) is 8.41. The van der Waals surface area contributed by atoms with E-state index in [-0.39, 0.29) is 10.7 Å². The highest BCUT2D eigenvalue weighted by atomic mass is 32.1. The largest absolute Gasteiger partial charge is 0.423 e. The fourth-order valence-electron chi connectivity index (χ4n) is 2.68. The zero-order valence-electron chi connectivity index (χ0n) is 14.7. The Kier molecular flexibility index (Phi) is 5.25. The molecule has 150 valence electrons. The number of hydrogen-bond donors (Lipinski definition) is 2. The van der Waals surface area contributed by atoms with Gasteiger partial charge < -0.3 is 15.1 Å². The van der Waals surface area contributed by atoms with Crippen LogP contribution in [0.4, 0.5) is 30.2 Å². The number of aryl methyl sites for hydroxylation is 1. The van der Waals surface area contributed by atoms with Crippen LogP contribution in [0.25, 0.3) is 11.0 Å². The van der Waals surface area contributed by atoms with Crippen molar-refractivity contribution in [3.63, 3.8) is 0 Å². The number of anilines is 2. The van der Waals surface area contributed by atoms with E-state index in [1.807, 2.05) is 0 Å². The maximum atomic E-state index is 13.3. The summed E-state index contributed by atoms with van der Waals surface area (Å²) in [4.78, 5) is 21.3. The van der Waals surface area contributed by atoms with Crippen LogP contribution in [0.2, 0.25) is 0 Å². The number of benzene rings is 2. The molecule has 0 bridgehead atoms. The second-order valence-corrected chi connectivity index (χ2v) is 6.43. The van der Waals surface area contributed by atoms with Gasteiger partial charge in [-0.15, -0.1) is 0 Å². The number of thiocarbonyl (C=S) groups is 1. The minimum Gasteiger partial charge on any atom is -0.423 e. The van der Waals surface area contributed by atoms with Gasteiger partial charge in [-0.05, 0) is 42.9 Å². The van der Waals surface area contributed by atoms with Gasteiger partial charge in [0, 0.05) is 35.3 Å². The van der Waals surface area contributed by atoms with Gasteiger partial charge in [0.15, 0.2) is 5.11 Å². The number of rotatable bonds is 3. The molecule has 2 N–H and O–H groups in total. The van der Waals surface area contributed by atoms with Crippen LogP contribution >= 0.6 is 12.2 Å². The van der Waals surface area contributed by atoms with Crippen molar-refractivity contribution in [1.82, 2.24) is 0 Å². The maximum absolute atomic E-state index is 13.3. The van der Waals surface area contributed by atoms with E-state index in [4.69, 9.17) is 16.6 Å². The molecule has 0 aliphatic rings. The highest BCUT2D eigenvalue weighted by Gasteiger charge is 2.35. The lowest BCUT2D eigenvalue weighted by Gasteiger charge is -2.16.